The molecule has 25 heavy (non-hydrogen) atoms. The monoisotopic (exact) mass is 399 g/mol. The van der Waals surface area contributed by atoms with E-state index in [-0.39, 0.29) is 0 Å². The van der Waals surface area contributed by atoms with Crippen LogP contribution in [0.25, 0.3) is 22.0 Å². The van der Waals surface area contributed by atoms with Gasteiger partial charge in [0, 0.05) is 27.7 Å². The molecule has 0 spiro atoms. The van der Waals surface area contributed by atoms with Gasteiger partial charge in [0.25, 0.3) is 0 Å². The molecule has 0 N–H and O–H groups in total. The smallest absolute Gasteiger partial charge is 0.151 e. The topological polar surface area (TPSA) is 48.4 Å². The Morgan fingerprint density at radius 2 is 1.80 bits per heavy atom. The van der Waals surface area contributed by atoms with Crippen LogP contribution in [0, 0.1) is 0 Å². The van der Waals surface area contributed by atoms with E-state index in [1.165, 1.54) is 0 Å². The van der Waals surface area contributed by atoms with Gasteiger partial charge < -0.3 is 9.47 Å². The molecule has 0 unspecified atom stereocenters. The summed E-state index contributed by atoms with van der Waals surface area (Å²) in [6.45, 7) is 4.81. The number of benzene rings is 2. The van der Waals surface area contributed by atoms with Crippen molar-refractivity contribution < 1.29 is 14.3 Å². The fraction of sp³-hybridized carbons (Fsp3) is 0.200. The van der Waals surface area contributed by atoms with Gasteiger partial charge in [-0.2, -0.15) is 0 Å². The van der Waals surface area contributed by atoms with E-state index >= 15 is 0 Å². The summed E-state index contributed by atoms with van der Waals surface area (Å²) in [5.74, 6) is 1.20. The number of fused-ring (bicyclic) bond motifs is 1. The van der Waals surface area contributed by atoms with E-state index in [4.69, 9.17) is 9.47 Å². The molecule has 0 saturated carbocycles. The average Bonchev–Trinajstić information content (AvgIpc) is 2.63. The number of pyridine rings is 1. The third-order valence-corrected chi connectivity index (χ3v) is 4.46. The molecule has 1 heterocycles. The van der Waals surface area contributed by atoms with Crippen LogP contribution in [0.1, 0.15) is 24.2 Å². The predicted molar refractivity (Wildman–Crippen MR) is 103 cm³/mol. The maximum atomic E-state index is 11.8. The number of rotatable bonds is 6. The number of carbonyl (C=O) groups excluding carboxylic acids is 1. The van der Waals surface area contributed by atoms with E-state index in [1.54, 1.807) is 12.3 Å². The Labute approximate surface area is 154 Å². The van der Waals surface area contributed by atoms with Gasteiger partial charge in [-0.1, -0.05) is 24.3 Å². The number of nitrogens with zero attached hydrogens (tertiary/aromatic N) is 1. The summed E-state index contributed by atoms with van der Waals surface area (Å²) in [6, 6.07) is 11.5. The Morgan fingerprint density at radius 1 is 1.08 bits per heavy atom. The minimum absolute atomic E-state index is 0.481. The average molecular weight is 400 g/mol. The summed E-state index contributed by atoms with van der Waals surface area (Å²) >= 11 is 3.54. The quantitative estimate of drug-likeness (QED) is 0.529. The summed E-state index contributed by atoms with van der Waals surface area (Å²) in [5.41, 5.74) is 1.89. The van der Waals surface area contributed by atoms with Gasteiger partial charge in [0.05, 0.1) is 24.5 Å². The highest BCUT2D eigenvalue weighted by Gasteiger charge is 2.18. The number of hydrogen-bond donors (Lipinski definition) is 0. The van der Waals surface area contributed by atoms with Crippen LogP contribution in [0.15, 0.2) is 47.1 Å². The number of halogens is 1. The lowest BCUT2D eigenvalue weighted by atomic mass is 9.98. The fourth-order valence-electron chi connectivity index (χ4n) is 2.83. The zero-order valence-corrected chi connectivity index (χ0v) is 15.7. The third-order valence-electron chi connectivity index (χ3n) is 3.83. The van der Waals surface area contributed by atoms with Gasteiger partial charge in [-0.25, -0.2) is 0 Å². The van der Waals surface area contributed by atoms with Crippen molar-refractivity contribution in [3.63, 3.8) is 0 Å². The number of aromatic nitrogens is 1. The van der Waals surface area contributed by atoms with Gasteiger partial charge in [-0.15, -0.1) is 0 Å². The molecule has 5 heteroatoms. The summed E-state index contributed by atoms with van der Waals surface area (Å²) in [4.78, 5) is 16.3. The molecule has 128 valence electrons. The van der Waals surface area contributed by atoms with Crippen LogP contribution < -0.4 is 9.47 Å². The Balaban J connectivity index is 2.33. The Bertz CT molecular complexity index is 924. The Kier molecular flexibility index (Phi) is 5.34. The highest BCUT2D eigenvalue weighted by Crippen LogP contribution is 2.40. The van der Waals surface area contributed by atoms with Crippen LogP contribution in [0.5, 0.6) is 11.5 Å². The number of aldehydes is 1. The van der Waals surface area contributed by atoms with Crippen LogP contribution in [0.3, 0.4) is 0 Å². The second-order valence-electron chi connectivity index (χ2n) is 5.37. The minimum atomic E-state index is 0.481. The lowest BCUT2D eigenvalue weighted by Crippen LogP contribution is -2.02. The Hall–Kier alpha value is -2.40. The zero-order chi connectivity index (χ0) is 17.8. The first kappa shape index (κ1) is 17.4. The molecule has 0 aliphatic rings. The second kappa shape index (κ2) is 7.66. The number of carbonyl (C=O) groups is 1. The van der Waals surface area contributed by atoms with E-state index in [1.807, 2.05) is 44.2 Å². The second-order valence-corrected chi connectivity index (χ2v) is 6.22. The van der Waals surface area contributed by atoms with E-state index in [0.717, 1.165) is 21.5 Å². The Morgan fingerprint density at radius 3 is 2.48 bits per heavy atom. The highest BCUT2D eigenvalue weighted by atomic mass is 79.9. The molecule has 3 aromatic rings. The van der Waals surface area contributed by atoms with Crippen LogP contribution in [-0.4, -0.2) is 24.5 Å². The third kappa shape index (κ3) is 3.37. The lowest BCUT2D eigenvalue weighted by Gasteiger charge is -2.16. The molecule has 0 aliphatic heterocycles. The first-order valence-electron chi connectivity index (χ1n) is 8.12. The molecule has 0 amide bonds. The maximum absolute atomic E-state index is 11.8. The van der Waals surface area contributed by atoms with E-state index < -0.39 is 0 Å². The van der Waals surface area contributed by atoms with Gasteiger partial charge >= 0.3 is 0 Å². The summed E-state index contributed by atoms with van der Waals surface area (Å²) < 4.78 is 12.3. The summed E-state index contributed by atoms with van der Waals surface area (Å²) in [5, 5.41) is 1.98. The van der Waals surface area contributed by atoms with Crippen molar-refractivity contribution in [3.05, 3.63) is 52.6 Å². The van der Waals surface area contributed by atoms with Gasteiger partial charge in [0.2, 0.25) is 0 Å². The largest absolute Gasteiger partial charge is 0.494 e. The standard InChI is InChI=1S/C20H18BrNO3/c1-3-24-14-9-13(12-23)19(18(10-14)25-4-2)20-16-8-6-5-7-15(16)17(21)11-22-20/h5-12H,3-4H2,1-2H3. The lowest BCUT2D eigenvalue weighted by molar-refractivity contribution is 0.112. The molecule has 0 saturated heterocycles. The molecule has 0 bridgehead atoms. The van der Waals surface area contributed by atoms with Crippen LogP contribution in [-0.2, 0) is 0 Å². The molecular formula is C20H18BrNO3. The molecule has 1 aromatic heterocycles. The molecular weight excluding hydrogens is 382 g/mol. The molecule has 0 fully saturated rings. The van der Waals surface area contributed by atoms with Crippen LogP contribution >= 0.6 is 15.9 Å². The van der Waals surface area contributed by atoms with Crippen LogP contribution in [0.2, 0.25) is 0 Å². The van der Waals surface area contributed by atoms with Crippen molar-refractivity contribution in [2.24, 2.45) is 0 Å². The zero-order valence-electron chi connectivity index (χ0n) is 14.1. The minimum Gasteiger partial charge on any atom is -0.494 e. The van der Waals surface area contributed by atoms with Crippen LogP contribution in [0.4, 0.5) is 0 Å². The number of hydrogen-bond acceptors (Lipinski definition) is 4. The van der Waals surface area contributed by atoms with E-state index in [9.17, 15) is 4.79 Å². The first-order chi connectivity index (χ1) is 12.2. The van der Waals surface area contributed by atoms with E-state index in [0.29, 0.717) is 41.5 Å². The molecule has 3 rings (SSSR count). The maximum Gasteiger partial charge on any atom is 0.151 e. The van der Waals surface area contributed by atoms with Gasteiger partial charge in [0.15, 0.2) is 6.29 Å². The summed E-state index contributed by atoms with van der Waals surface area (Å²) in [6.07, 6.45) is 2.57. The summed E-state index contributed by atoms with van der Waals surface area (Å²) in [7, 11) is 0. The normalized spacial score (nSPS) is 10.7. The van der Waals surface area contributed by atoms with Crippen molar-refractivity contribution >= 4 is 33.0 Å². The fourth-order valence-corrected chi connectivity index (χ4v) is 3.28. The van der Waals surface area contributed by atoms with Gasteiger partial charge in [-0.05, 0) is 41.2 Å². The first-order valence-corrected chi connectivity index (χ1v) is 8.91. The molecule has 2 aromatic carbocycles. The van der Waals surface area contributed by atoms with Crippen molar-refractivity contribution in [2.45, 2.75) is 13.8 Å². The van der Waals surface area contributed by atoms with E-state index in [2.05, 4.69) is 20.9 Å². The molecule has 0 atom stereocenters. The van der Waals surface area contributed by atoms with Crippen molar-refractivity contribution in [1.29, 1.82) is 0 Å². The molecule has 4 nitrogen and oxygen atoms in total. The van der Waals surface area contributed by atoms with Gasteiger partial charge in [0.1, 0.15) is 11.5 Å². The number of ether oxygens (including phenoxy) is 2. The molecule has 0 radical (unpaired) electrons. The molecule has 0 aliphatic carbocycles. The van der Waals surface area contributed by atoms with Crippen molar-refractivity contribution in [1.82, 2.24) is 4.98 Å². The van der Waals surface area contributed by atoms with Crippen molar-refractivity contribution in [3.8, 4) is 22.8 Å². The van der Waals surface area contributed by atoms with Gasteiger partial charge in [-0.3, -0.25) is 9.78 Å². The highest BCUT2D eigenvalue weighted by molar-refractivity contribution is 9.10. The predicted octanol–water partition coefficient (Wildman–Crippen LogP) is 5.27. The SMILES string of the molecule is CCOc1cc(C=O)c(-c2ncc(Br)c3ccccc23)c(OCC)c1. The van der Waals surface area contributed by atoms with Crippen molar-refractivity contribution in [2.75, 3.05) is 13.2 Å².